The molecule has 1 aliphatic rings. The standard InChI is InChI=1S/C25H36ClN5O/c1-3-5-11-29(18-20-7-8-22-21(17-20)9-10-27-22)19-23-24(26)28-25(31(23)12-6-4-2)30-13-15-32-16-14-30/h7-10,17,27H,3-6,11-16,18-19H2,1-2H3. The van der Waals surface area contributed by atoms with Gasteiger partial charge in [-0.2, -0.15) is 0 Å². The second-order valence-corrected chi connectivity index (χ2v) is 9.08. The molecule has 0 saturated carbocycles. The number of rotatable bonds is 11. The maximum absolute atomic E-state index is 6.77. The molecule has 0 aliphatic carbocycles. The van der Waals surface area contributed by atoms with Crippen molar-refractivity contribution in [2.45, 2.75) is 59.2 Å². The third kappa shape index (κ3) is 5.48. The molecule has 2 aromatic heterocycles. The zero-order valence-electron chi connectivity index (χ0n) is 19.4. The molecule has 32 heavy (non-hydrogen) atoms. The van der Waals surface area contributed by atoms with E-state index in [0.29, 0.717) is 5.15 Å². The fourth-order valence-corrected chi connectivity index (χ4v) is 4.66. The summed E-state index contributed by atoms with van der Waals surface area (Å²) in [6.45, 7) is 11.4. The van der Waals surface area contributed by atoms with Gasteiger partial charge in [-0.3, -0.25) is 4.90 Å². The molecule has 0 radical (unpaired) electrons. The van der Waals surface area contributed by atoms with E-state index in [-0.39, 0.29) is 0 Å². The van der Waals surface area contributed by atoms with Gasteiger partial charge in [0.15, 0.2) is 5.15 Å². The van der Waals surface area contributed by atoms with Crippen LogP contribution in [0, 0.1) is 0 Å². The lowest BCUT2D eigenvalue weighted by molar-refractivity contribution is 0.121. The van der Waals surface area contributed by atoms with Gasteiger partial charge < -0.3 is 19.2 Å². The van der Waals surface area contributed by atoms with Crippen molar-refractivity contribution in [3.05, 3.63) is 46.9 Å². The monoisotopic (exact) mass is 457 g/mol. The second kappa shape index (κ2) is 11.2. The average molecular weight is 458 g/mol. The Hall–Kier alpha value is -2.02. The number of aromatic amines is 1. The van der Waals surface area contributed by atoms with Crippen LogP contribution in [0.15, 0.2) is 30.5 Å². The molecule has 0 amide bonds. The van der Waals surface area contributed by atoms with Crippen LogP contribution in [-0.2, 0) is 24.4 Å². The van der Waals surface area contributed by atoms with Crippen molar-refractivity contribution in [3.63, 3.8) is 0 Å². The number of hydrogen-bond donors (Lipinski definition) is 1. The molecule has 0 spiro atoms. The van der Waals surface area contributed by atoms with Gasteiger partial charge in [0.25, 0.3) is 0 Å². The summed E-state index contributed by atoms with van der Waals surface area (Å²) in [4.78, 5) is 13.0. The van der Waals surface area contributed by atoms with Crippen LogP contribution in [-0.4, -0.2) is 52.3 Å². The number of nitrogens with one attached hydrogen (secondary N) is 1. The number of hydrogen-bond acceptors (Lipinski definition) is 4. The summed E-state index contributed by atoms with van der Waals surface area (Å²) in [7, 11) is 0. The van der Waals surface area contributed by atoms with Crippen molar-refractivity contribution in [1.29, 1.82) is 0 Å². The van der Waals surface area contributed by atoms with Gasteiger partial charge >= 0.3 is 0 Å². The number of fused-ring (bicyclic) bond motifs is 1. The number of ether oxygens (including phenoxy) is 1. The minimum Gasteiger partial charge on any atom is -0.378 e. The first-order chi connectivity index (χ1) is 15.7. The summed E-state index contributed by atoms with van der Waals surface area (Å²) in [6.07, 6.45) is 6.62. The van der Waals surface area contributed by atoms with E-state index in [0.717, 1.165) is 77.0 Å². The Labute approximate surface area is 196 Å². The second-order valence-electron chi connectivity index (χ2n) is 8.72. The van der Waals surface area contributed by atoms with Crippen molar-refractivity contribution >= 4 is 28.5 Å². The van der Waals surface area contributed by atoms with Crippen LogP contribution >= 0.6 is 11.6 Å². The van der Waals surface area contributed by atoms with Gasteiger partial charge in [0, 0.05) is 44.4 Å². The summed E-state index contributed by atoms with van der Waals surface area (Å²) >= 11 is 6.77. The third-order valence-corrected chi connectivity index (χ3v) is 6.56. The number of unbranched alkanes of at least 4 members (excludes halogenated alkanes) is 2. The molecule has 1 aliphatic heterocycles. The Balaban J connectivity index is 1.58. The van der Waals surface area contributed by atoms with Crippen LogP contribution in [0.4, 0.5) is 5.95 Å². The Morgan fingerprint density at radius 2 is 1.91 bits per heavy atom. The predicted octanol–water partition coefficient (Wildman–Crippen LogP) is 5.46. The number of aromatic nitrogens is 3. The van der Waals surface area contributed by atoms with Gasteiger partial charge in [0.05, 0.1) is 18.9 Å². The first-order valence-electron chi connectivity index (χ1n) is 12.1. The van der Waals surface area contributed by atoms with Crippen molar-refractivity contribution < 1.29 is 4.74 Å². The number of nitrogens with zero attached hydrogens (tertiary/aromatic N) is 4. The molecule has 1 aromatic carbocycles. The third-order valence-electron chi connectivity index (χ3n) is 6.26. The Morgan fingerprint density at radius 3 is 2.69 bits per heavy atom. The highest BCUT2D eigenvalue weighted by atomic mass is 35.5. The molecule has 3 heterocycles. The summed E-state index contributed by atoms with van der Waals surface area (Å²) in [6, 6.07) is 8.84. The molecule has 0 unspecified atom stereocenters. The van der Waals surface area contributed by atoms with Crippen LogP contribution in [0.1, 0.15) is 50.8 Å². The van der Waals surface area contributed by atoms with E-state index in [1.54, 1.807) is 0 Å². The molecule has 7 heteroatoms. The Kier molecular flexibility index (Phi) is 8.11. The summed E-state index contributed by atoms with van der Waals surface area (Å²) < 4.78 is 7.92. The van der Waals surface area contributed by atoms with Gasteiger partial charge in [-0.15, -0.1) is 0 Å². The lowest BCUT2D eigenvalue weighted by atomic mass is 10.1. The number of imidazole rings is 1. The number of morpholine rings is 1. The minimum atomic E-state index is 0.644. The highest BCUT2D eigenvalue weighted by Gasteiger charge is 2.23. The molecule has 6 nitrogen and oxygen atoms in total. The molecular weight excluding hydrogens is 422 g/mol. The molecule has 1 N–H and O–H groups in total. The summed E-state index contributed by atoms with van der Waals surface area (Å²) in [5.74, 6) is 1.01. The number of halogens is 1. The maximum Gasteiger partial charge on any atom is 0.207 e. The summed E-state index contributed by atoms with van der Waals surface area (Å²) in [5.41, 5.74) is 3.66. The number of anilines is 1. The van der Waals surface area contributed by atoms with E-state index in [9.17, 15) is 0 Å². The fourth-order valence-electron chi connectivity index (χ4n) is 4.42. The Morgan fingerprint density at radius 1 is 1.09 bits per heavy atom. The number of benzene rings is 1. The molecule has 174 valence electrons. The van der Waals surface area contributed by atoms with Gasteiger partial charge in [-0.25, -0.2) is 4.98 Å². The summed E-state index contributed by atoms with van der Waals surface area (Å²) in [5, 5.41) is 1.91. The van der Waals surface area contributed by atoms with Crippen LogP contribution in [0.5, 0.6) is 0 Å². The van der Waals surface area contributed by atoms with Crippen LogP contribution in [0.2, 0.25) is 5.15 Å². The van der Waals surface area contributed by atoms with E-state index in [4.69, 9.17) is 21.3 Å². The number of H-pyrrole nitrogens is 1. The topological polar surface area (TPSA) is 49.3 Å². The van der Waals surface area contributed by atoms with Gasteiger partial charge in [0.1, 0.15) is 0 Å². The molecule has 0 atom stereocenters. The van der Waals surface area contributed by atoms with E-state index in [1.165, 1.54) is 29.3 Å². The van der Waals surface area contributed by atoms with Crippen molar-refractivity contribution in [2.75, 3.05) is 37.7 Å². The molecule has 1 saturated heterocycles. The predicted molar refractivity (Wildman–Crippen MR) is 132 cm³/mol. The van der Waals surface area contributed by atoms with Gasteiger partial charge in [0.2, 0.25) is 5.95 Å². The maximum atomic E-state index is 6.77. The zero-order chi connectivity index (χ0) is 22.3. The molecule has 1 fully saturated rings. The van der Waals surface area contributed by atoms with Crippen LogP contribution < -0.4 is 4.90 Å². The molecule has 4 rings (SSSR count). The molecule has 0 bridgehead atoms. The van der Waals surface area contributed by atoms with E-state index in [2.05, 4.69) is 57.5 Å². The zero-order valence-corrected chi connectivity index (χ0v) is 20.2. The Bertz CT molecular complexity index is 992. The van der Waals surface area contributed by atoms with Gasteiger partial charge in [-0.05, 0) is 48.5 Å². The van der Waals surface area contributed by atoms with Crippen LogP contribution in [0.25, 0.3) is 10.9 Å². The highest BCUT2D eigenvalue weighted by molar-refractivity contribution is 6.30. The van der Waals surface area contributed by atoms with Gasteiger partial charge in [-0.1, -0.05) is 44.4 Å². The molecular formula is C25H36ClN5O. The van der Waals surface area contributed by atoms with Crippen molar-refractivity contribution in [3.8, 4) is 0 Å². The van der Waals surface area contributed by atoms with E-state index in [1.807, 2.05) is 6.20 Å². The lowest BCUT2D eigenvalue weighted by Crippen LogP contribution is -2.38. The molecule has 3 aromatic rings. The SMILES string of the molecule is CCCCN(Cc1ccc2[nH]ccc2c1)Cc1c(Cl)nc(N2CCOCC2)n1CCCC. The van der Waals surface area contributed by atoms with Crippen molar-refractivity contribution in [1.82, 2.24) is 19.4 Å². The largest absolute Gasteiger partial charge is 0.378 e. The van der Waals surface area contributed by atoms with E-state index < -0.39 is 0 Å². The van der Waals surface area contributed by atoms with Crippen LogP contribution in [0.3, 0.4) is 0 Å². The fraction of sp³-hybridized carbons (Fsp3) is 0.560. The lowest BCUT2D eigenvalue weighted by Gasteiger charge is -2.29. The minimum absolute atomic E-state index is 0.644. The average Bonchev–Trinajstić information content (AvgIpc) is 3.40. The van der Waals surface area contributed by atoms with E-state index >= 15 is 0 Å². The quantitative estimate of drug-likeness (QED) is 0.415. The normalized spacial score (nSPS) is 14.7. The van der Waals surface area contributed by atoms with Crippen molar-refractivity contribution in [2.24, 2.45) is 0 Å². The first-order valence-corrected chi connectivity index (χ1v) is 12.4. The smallest absolute Gasteiger partial charge is 0.207 e. The highest BCUT2D eigenvalue weighted by Crippen LogP contribution is 2.27. The first kappa shape index (κ1) is 23.1.